The van der Waals surface area contributed by atoms with E-state index >= 15 is 0 Å². The number of carbonyl (C=O) groups is 2. The second-order valence-electron chi connectivity index (χ2n) is 6.18. The summed E-state index contributed by atoms with van der Waals surface area (Å²) in [5.74, 6) is -2.77. The maximum Gasteiger partial charge on any atom is 0.337 e. The van der Waals surface area contributed by atoms with E-state index in [4.69, 9.17) is 10.8 Å². The number of carboxylic acids is 1. The smallest absolute Gasteiger partial charge is 0.337 e. The van der Waals surface area contributed by atoms with Gasteiger partial charge in [-0.3, -0.25) is 4.79 Å². The molecular weight excluding hydrogens is 275 g/mol. The molecule has 0 fully saturated rings. The van der Waals surface area contributed by atoms with Crippen LogP contribution in [0.25, 0.3) is 0 Å². The Morgan fingerprint density at radius 1 is 1.38 bits per heavy atom. The zero-order valence-corrected chi connectivity index (χ0v) is 12.4. The van der Waals surface area contributed by atoms with Crippen molar-refractivity contribution in [1.82, 2.24) is 0 Å². The van der Waals surface area contributed by atoms with Gasteiger partial charge in [0.05, 0.1) is 17.2 Å². The summed E-state index contributed by atoms with van der Waals surface area (Å²) in [4.78, 5) is 23.3. The van der Waals surface area contributed by atoms with E-state index in [9.17, 15) is 14.0 Å². The fraction of sp³-hybridized carbons (Fsp3) is 0.467. The van der Waals surface area contributed by atoms with Gasteiger partial charge >= 0.3 is 5.97 Å². The first-order chi connectivity index (χ1) is 9.64. The van der Waals surface area contributed by atoms with E-state index in [1.54, 1.807) is 0 Å². The number of nitrogens with one attached hydrogen (secondary N) is 1. The summed E-state index contributed by atoms with van der Waals surface area (Å²) in [5.41, 5.74) is 5.32. The highest BCUT2D eigenvalue weighted by molar-refractivity contribution is 6.01. The van der Waals surface area contributed by atoms with E-state index in [0.717, 1.165) is 12.1 Å². The number of anilines is 1. The zero-order valence-electron chi connectivity index (χ0n) is 12.4. The molecule has 1 atom stereocenters. The van der Waals surface area contributed by atoms with Crippen molar-refractivity contribution in [2.45, 2.75) is 27.2 Å². The number of benzene rings is 1. The molecule has 0 bridgehead atoms. The van der Waals surface area contributed by atoms with Crippen LogP contribution in [0.15, 0.2) is 18.2 Å². The molecule has 4 N–H and O–H groups in total. The molecule has 1 aromatic carbocycles. The Hall–Kier alpha value is -1.95. The molecule has 0 aliphatic carbocycles. The minimum absolute atomic E-state index is 0.0706. The zero-order chi connectivity index (χ0) is 16.2. The van der Waals surface area contributed by atoms with E-state index in [2.05, 4.69) is 5.32 Å². The van der Waals surface area contributed by atoms with Crippen LogP contribution in [0, 0.1) is 17.2 Å². The Kier molecular flexibility index (Phi) is 5.43. The fourth-order valence-corrected chi connectivity index (χ4v) is 2.06. The highest BCUT2D eigenvalue weighted by atomic mass is 19.1. The van der Waals surface area contributed by atoms with Crippen LogP contribution in [-0.4, -0.2) is 23.5 Å². The van der Waals surface area contributed by atoms with Crippen molar-refractivity contribution < 1.29 is 19.1 Å². The Labute approximate surface area is 123 Å². The summed E-state index contributed by atoms with van der Waals surface area (Å²) >= 11 is 0. The van der Waals surface area contributed by atoms with E-state index < -0.39 is 17.7 Å². The molecule has 0 spiro atoms. The second-order valence-corrected chi connectivity index (χ2v) is 6.18. The summed E-state index contributed by atoms with van der Waals surface area (Å²) < 4.78 is 13.1. The lowest BCUT2D eigenvalue weighted by Gasteiger charge is -2.24. The Morgan fingerprint density at radius 3 is 2.48 bits per heavy atom. The van der Waals surface area contributed by atoms with Gasteiger partial charge in [0.15, 0.2) is 0 Å². The van der Waals surface area contributed by atoms with Crippen LogP contribution in [-0.2, 0) is 4.79 Å². The molecule has 5 nitrogen and oxygen atoms in total. The number of amides is 1. The molecule has 21 heavy (non-hydrogen) atoms. The number of carboxylic acid groups (broad SMARTS) is 1. The largest absolute Gasteiger partial charge is 0.478 e. The van der Waals surface area contributed by atoms with Crippen molar-refractivity contribution in [2.75, 3.05) is 11.9 Å². The van der Waals surface area contributed by atoms with Crippen LogP contribution in [0.3, 0.4) is 0 Å². The summed E-state index contributed by atoms with van der Waals surface area (Å²) in [6.45, 7) is 6.13. The van der Waals surface area contributed by atoms with Gasteiger partial charge in [0.2, 0.25) is 5.91 Å². The number of halogens is 1. The van der Waals surface area contributed by atoms with Crippen molar-refractivity contribution in [2.24, 2.45) is 17.1 Å². The maximum atomic E-state index is 13.1. The third-order valence-corrected chi connectivity index (χ3v) is 2.98. The minimum atomic E-state index is -1.30. The lowest BCUT2D eigenvalue weighted by molar-refractivity contribution is -0.120. The lowest BCUT2D eigenvalue weighted by atomic mass is 9.84. The second kappa shape index (κ2) is 6.67. The average molecular weight is 296 g/mol. The first-order valence-corrected chi connectivity index (χ1v) is 6.68. The van der Waals surface area contributed by atoms with Gasteiger partial charge in [0.25, 0.3) is 0 Å². The summed E-state index contributed by atoms with van der Waals surface area (Å²) in [6.07, 6.45) is 0.568. The van der Waals surface area contributed by atoms with Crippen LogP contribution in [0.2, 0.25) is 0 Å². The average Bonchev–Trinajstić information content (AvgIpc) is 2.36. The third-order valence-electron chi connectivity index (χ3n) is 2.98. The molecule has 0 saturated carbocycles. The van der Waals surface area contributed by atoms with E-state index in [1.807, 2.05) is 20.8 Å². The normalized spacial score (nSPS) is 12.8. The summed E-state index contributed by atoms with van der Waals surface area (Å²) in [7, 11) is 0. The topological polar surface area (TPSA) is 92.4 Å². The molecule has 1 unspecified atom stereocenters. The Bertz CT molecular complexity index is 538. The monoisotopic (exact) mass is 296 g/mol. The number of rotatable bonds is 5. The number of carbonyl (C=O) groups excluding carboxylic acids is 1. The van der Waals surface area contributed by atoms with Crippen LogP contribution in [0.5, 0.6) is 0 Å². The van der Waals surface area contributed by atoms with Crippen molar-refractivity contribution >= 4 is 17.6 Å². The van der Waals surface area contributed by atoms with Gasteiger partial charge in [-0.25, -0.2) is 9.18 Å². The predicted molar refractivity (Wildman–Crippen MR) is 78.6 cm³/mol. The molecule has 0 saturated heterocycles. The quantitative estimate of drug-likeness (QED) is 0.778. The minimum Gasteiger partial charge on any atom is -0.478 e. The molecule has 6 heteroatoms. The van der Waals surface area contributed by atoms with Crippen molar-refractivity contribution in [3.8, 4) is 0 Å². The SMILES string of the molecule is CC(C)(C)CC(CN)C(=O)Nc1ccc(F)cc1C(=O)O. The van der Waals surface area contributed by atoms with E-state index in [-0.39, 0.29) is 29.1 Å². The lowest BCUT2D eigenvalue weighted by Crippen LogP contribution is -2.32. The molecule has 0 heterocycles. The van der Waals surface area contributed by atoms with Gasteiger partial charge in [-0.1, -0.05) is 20.8 Å². The van der Waals surface area contributed by atoms with Crippen LogP contribution >= 0.6 is 0 Å². The molecule has 1 rings (SSSR count). The molecule has 0 aromatic heterocycles. The van der Waals surface area contributed by atoms with Gasteiger partial charge in [-0.05, 0) is 30.0 Å². The van der Waals surface area contributed by atoms with Crippen molar-refractivity contribution in [3.05, 3.63) is 29.6 Å². The van der Waals surface area contributed by atoms with Crippen LogP contribution in [0.4, 0.5) is 10.1 Å². The molecule has 1 amide bonds. The van der Waals surface area contributed by atoms with Gasteiger partial charge in [0.1, 0.15) is 5.82 Å². The highest BCUT2D eigenvalue weighted by Crippen LogP contribution is 2.25. The number of aromatic carboxylic acids is 1. The molecule has 1 aromatic rings. The van der Waals surface area contributed by atoms with E-state index in [1.165, 1.54) is 6.07 Å². The molecular formula is C15H21FN2O3. The van der Waals surface area contributed by atoms with Crippen molar-refractivity contribution in [3.63, 3.8) is 0 Å². The van der Waals surface area contributed by atoms with Crippen LogP contribution in [0.1, 0.15) is 37.6 Å². The first kappa shape index (κ1) is 17.1. The molecule has 0 radical (unpaired) electrons. The van der Waals surface area contributed by atoms with Crippen molar-refractivity contribution in [1.29, 1.82) is 0 Å². The number of hydrogen-bond acceptors (Lipinski definition) is 3. The summed E-state index contributed by atoms with van der Waals surface area (Å²) in [6, 6.07) is 3.21. The Balaban J connectivity index is 2.94. The Morgan fingerprint density at radius 2 is 2.00 bits per heavy atom. The van der Waals surface area contributed by atoms with Gasteiger partial charge in [-0.15, -0.1) is 0 Å². The maximum absolute atomic E-state index is 13.1. The van der Waals surface area contributed by atoms with E-state index in [0.29, 0.717) is 6.42 Å². The van der Waals surface area contributed by atoms with Gasteiger partial charge in [-0.2, -0.15) is 0 Å². The van der Waals surface area contributed by atoms with Crippen LogP contribution < -0.4 is 11.1 Å². The molecule has 0 aliphatic heterocycles. The standard InChI is InChI=1S/C15H21FN2O3/c1-15(2,3)7-9(8-17)13(19)18-12-5-4-10(16)6-11(12)14(20)21/h4-6,9H,7-8,17H2,1-3H3,(H,18,19)(H,20,21). The molecule has 116 valence electrons. The molecule has 0 aliphatic rings. The van der Waals surface area contributed by atoms with Gasteiger partial charge in [0, 0.05) is 6.54 Å². The summed E-state index contributed by atoms with van der Waals surface area (Å²) in [5, 5.41) is 11.6. The highest BCUT2D eigenvalue weighted by Gasteiger charge is 2.25. The predicted octanol–water partition coefficient (Wildman–Crippen LogP) is 2.47. The fourth-order valence-electron chi connectivity index (χ4n) is 2.06. The number of nitrogens with two attached hydrogens (primary N) is 1. The first-order valence-electron chi connectivity index (χ1n) is 6.68. The third kappa shape index (κ3) is 5.15. The van der Waals surface area contributed by atoms with Gasteiger partial charge < -0.3 is 16.2 Å². The number of hydrogen-bond donors (Lipinski definition) is 3.